The van der Waals surface area contributed by atoms with Gasteiger partial charge in [0.1, 0.15) is 5.75 Å². The Morgan fingerprint density at radius 3 is 2.53 bits per heavy atom. The van der Waals surface area contributed by atoms with E-state index in [9.17, 15) is 13.2 Å². The molecule has 0 heterocycles. The van der Waals surface area contributed by atoms with Crippen LogP contribution < -0.4 is 4.74 Å². The Hall–Kier alpha value is -0.980. The van der Waals surface area contributed by atoms with Crippen LogP contribution in [-0.4, -0.2) is 28.1 Å². The van der Waals surface area contributed by atoms with Crippen molar-refractivity contribution in [1.82, 2.24) is 0 Å². The van der Waals surface area contributed by atoms with Crippen LogP contribution >= 0.6 is 22.3 Å². The lowest BCUT2D eigenvalue weighted by Crippen LogP contribution is -2.12. The summed E-state index contributed by atoms with van der Waals surface area (Å²) in [5.41, 5.74) is 0. The summed E-state index contributed by atoms with van der Waals surface area (Å²) in [6.07, 6.45) is 0. The number of ether oxygens (including phenoxy) is 2. The Morgan fingerprint density at radius 2 is 2.06 bits per heavy atom. The van der Waals surface area contributed by atoms with Crippen molar-refractivity contribution in [3.8, 4) is 5.75 Å². The molecule has 1 aromatic carbocycles. The van der Waals surface area contributed by atoms with Gasteiger partial charge < -0.3 is 9.47 Å². The van der Waals surface area contributed by atoms with Gasteiger partial charge in [-0.2, -0.15) is 0 Å². The minimum Gasteiger partial charge on any atom is -0.480 e. The third kappa shape index (κ3) is 4.07. The lowest BCUT2D eigenvalue weighted by atomic mass is 10.3. The maximum absolute atomic E-state index is 11.0. The number of esters is 1. The second kappa shape index (κ2) is 5.57. The Bertz CT molecular complexity index is 526. The van der Waals surface area contributed by atoms with Crippen molar-refractivity contribution < 1.29 is 22.7 Å². The Labute approximate surface area is 108 Å². The first-order valence-corrected chi connectivity index (χ1v) is 6.97. The molecule has 0 unspecified atom stereocenters. The van der Waals surface area contributed by atoms with E-state index in [1.807, 2.05) is 0 Å². The van der Waals surface area contributed by atoms with Gasteiger partial charge in [-0.15, -0.1) is 0 Å². The molecule has 8 heteroatoms. The summed E-state index contributed by atoms with van der Waals surface area (Å²) < 4.78 is 31.4. The number of methoxy groups -OCH3 is 1. The fourth-order valence-corrected chi connectivity index (χ4v) is 2.02. The van der Waals surface area contributed by atoms with Crippen LogP contribution in [0.2, 0.25) is 5.02 Å². The van der Waals surface area contributed by atoms with Crippen molar-refractivity contribution in [3.05, 3.63) is 23.2 Å². The highest BCUT2D eigenvalue weighted by atomic mass is 35.7. The zero-order chi connectivity index (χ0) is 13.1. The monoisotopic (exact) mass is 298 g/mol. The fraction of sp³-hybridized carbons (Fsp3) is 0.222. The molecule has 0 fully saturated rings. The second-order valence-corrected chi connectivity index (χ2v) is 5.87. The van der Waals surface area contributed by atoms with E-state index in [1.54, 1.807) is 0 Å². The summed E-state index contributed by atoms with van der Waals surface area (Å²) in [6, 6.07) is 3.66. The van der Waals surface area contributed by atoms with Crippen molar-refractivity contribution in [2.75, 3.05) is 13.7 Å². The maximum atomic E-state index is 11.0. The molecule has 0 N–H and O–H groups in total. The van der Waals surface area contributed by atoms with Gasteiger partial charge in [0, 0.05) is 10.7 Å². The molecule has 0 aliphatic heterocycles. The van der Waals surface area contributed by atoms with E-state index >= 15 is 0 Å². The first kappa shape index (κ1) is 14.1. The molecule has 0 radical (unpaired) electrons. The van der Waals surface area contributed by atoms with Crippen LogP contribution in [0, 0.1) is 0 Å². The van der Waals surface area contributed by atoms with Crippen molar-refractivity contribution >= 4 is 37.3 Å². The maximum Gasteiger partial charge on any atom is 0.343 e. The predicted molar refractivity (Wildman–Crippen MR) is 62.0 cm³/mol. The van der Waals surface area contributed by atoms with Gasteiger partial charge in [-0.1, -0.05) is 11.6 Å². The number of rotatable bonds is 4. The van der Waals surface area contributed by atoms with E-state index in [0.717, 1.165) is 6.07 Å². The minimum absolute atomic E-state index is 0.0376. The molecule has 94 valence electrons. The van der Waals surface area contributed by atoms with E-state index in [0.29, 0.717) is 0 Å². The number of halogens is 2. The molecule has 0 spiro atoms. The molecule has 0 saturated heterocycles. The van der Waals surface area contributed by atoms with Gasteiger partial charge in [0.05, 0.1) is 17.0 Å². The quantitative estimate of drug-likeness (QED) is 0.626. The molecule has 0 saturated carbocycles. The lowest BCUT2D eigenvalue weighted by Gasteiger charge is -2.07. The van der Waals surface area contributed by atoms with Gasteiger partial charge in [0.25, 0.3) is 9.05 Å². The average Bonchev–Trinajstić information content (AvgIpc) is 2.25. The molecule has 5 nitrogen and oxygen atoms in total. The predicted octanol–water partition coefficient (Wildman–Crippen LogP) is 1.82. The summed E-state index contributed by atoms with van der Waals surface area (Å²) in [7, 11) is 2.51. The van der Waals surface area contributed by atoms with Crippen LogP contribution in [0.3, 0.4) is 0 Å². The Kier molecular flexibility index (Phi) is 4.62. The number of carbonyl (C=O) groups excluding carboxylic acids is 1. The van der Waals surface area contributed by atoms with Gasteiger partial charge in [-0.25, -0.2) is 13.2 Å². The van der Waals surface area contributed by atoms with E-state index in [1.165, 1.54) is 19.2 Å². The topological polar surface area (TPSA) is 69.7 Å². The highest BCUT2D eigenvalue weighted by Gasteiger charge is 2.13. The molecular weight excluding hydrogens is 291 g/mol. The van der Waals surface area contributed by atoms with Gasteiger partial charge in [-0.3, -0.25) is 0 Å². The molecule has 1 rings (SSSR count). The van der Waals surface area contributed by atoms with Crippen molar-refractivity contribution in [2.24, 2.45) is 0 Å². The zero-order valence-corrected chi connectivity index (χ0v) is 11.0. The zero-order valence-electron chi connectivity index (χ0n) is 8.64. The van der Waals surface area contributed by atoms with Crippen LogP contribution in [0.4, 0.5) is 0 Å². The van der Waals surface area contributed by atoms with Gasteiger partial charge in [0.15, 0.2) is 6.61 Å². The number of carbonyl (C=O) groups is 1. The molecule has 0 amide bonds. The van der Waals surface area contributed by atoms with E-state index in [4.69, 9.17) is 27.0 Å². The van der Waals surface area contributed by atoms with Crippen molar-refractivity contribution in [3.63, 3.8) is 0 Å². The van der Waals surface area contributed by atoms with Crippen molar-refractivity contribution in [1.29, 1.82) is 0 Å². The van der Waals surface area contributed by atoms with Gasteiger partial charge >= 0.3 is 5.97 Å². The smallest absolute Gasteiger partial charge is 0.343 e. The first-order valence-electron chi connectivity index (χ1n) is 4.28. The molecule has 0 aliphatic rings. The van der Waals surface area contributed by atoms with Gasteiger partial charge in [-0.05, 0) is 18.2 Å². The number of hydrogen-bond acceptors (Lipinski definition) is 5. The molecular formula is C9H8Cl2O5S. The largest absolute Gasteiger partial charge is 0.480 e. The Balaban J connectivity index is 2.88. The van der Waals surface area contributed by atoms with Crippen LogP contribution in [0.1, 0.15) is 0 Å². The third-order valence-electron chi connectivity index (χ3n) is 1.76. The molecule has 0 aliphatic carbocycles. The molecule has 0 atom stereocenters. The number of hydrogen-bond donors (Lipinski definition) is 0. The molecule has 1 aromatic rings. The molecule has 0 aromatic heterocycles. The SMILES string of the molecule is COC(=O)COc1ccc(S(=O)(=O)Cl)cc1Cl. The highest BCUT2D eigenvalue weighted by molar-refractivity contribution is 8.13. The second-order valence-electron chi connectivity index (χ2n) is 2.89. The van der Waals surface area contributed by atoms with E-state index in [2.05, 4.69) is 4.74 Å². The normalized spacial score (nSPS) is 11.0. The summed E-state index contributed by atoms with van der Waals surface area (Å²) in [6.45, 7) is -0.316. The minimum atomic E-state index is -3.84. The molecule has 17 heavy (non-hydrogen) atoms. The summed E-state index contributed by atoms with van der Waals surface area (Å²) in [5, 5.41) is 0.0376. The first-order chi connectivity index (χ1) is 7.84. The van der Waals surface area contributed by atoms with Crippen LogP contribution in [-0.2, 0) is 18.6 Å². The Morgan fingerprint density at radius 1 is 1.41 bits per heavy atom. The average molecular weight is 299 g/mol. The molecule has 0 bridgehead atoms. The van der Waals surface area contributed by atoms with Crippen molar-refractivity contribution in [2.45, 2.75) is 4.90 Å². The highest BCUT2D eigenvalue weighted by Crippen LogP contribution is 2.28. The van der Waals surface area contributed by atoms with E-state index < -0.39 is 15.0 Å². The summed E-state index contributed by atoms with van der Waals surface area (Å²) in [5.74, 6) is -0.406. The van der Waals surface area contributed by atoms with E-state index in [-0.39, 0.29) is 22.3 Å². The van der Waals surface area contributed by atoms with Crippen LogP contribution in [0.5, 0.6) is 5.75 Å². The number of benzene rings is 1. The summed E-state index contributed by atoms with van der Waals surface area (Å²) >= 11 is 5.76. The van der Waals surface area contributed by atoms with Crippen LogP contribution in [0.15, 0.2) is 23.1 Å². The summed E-state index contributed by atoms with van der Waals surface area (Å²) in [4.78, 5) is 10.7. The third-order valence-corrected chi connectivity index (χ3v) is 3.40. The van der Waals surface area contributed by atoms with Gasteiger partial charge in [0.2, 0.25) is 0 Å². The lowest BCUT2D eigenvalue weighted by molar-refractivity contribution is -0.142. The van der Waals surface area contributed by atoms with Crippen LogP contribution in [0.25, 0.3) is 0 Å². The standard InChI is InChI=1S/C9H8Cl2O5S/c1-15-9(12)5-16-8-3-2-6(4-7(8)10)17(11,13)14/h2-4H,5H2,1H3. The fourth-order valence-electron chi connectivity index (χ4n) is 0.946.